The molecule has 2 amide bonds. The lowest BCUT2D eigenvalue weighted by Crippen LogP contribution is -2.37. The van der Waals surface area contributed by atoms with Crippen molar-refractivity contribution in [2.75, 3.05) is 6.61 Å². The summed E-state index contributed by atoms with van der Waals surface area (Å²) in [4.78, 5) is 71.5. The molecule has 1 atom stereocenters. The Kier molecular flexibility index (Phi) is 8.98. The number of esters is 1. The zero-order chi connectivity index (χ0) is 32.1. The smallest absolute Gasteiger partial charge is 0.362 e. The number of ether oxygens (including phenoxy) is 1. The zero-order valence-corrected chi connectivity index (χ0v) is 24.5. The number of rotatable bonds is 10. The number of amides is 2. The SMILES string of the molecule is CC1=C(C(=O)OC/C=C/c2ccc(Cn3ccnc3)cc2)C(c2cccc([N+](=O)[O-])c2)C(C(=O)ON2C(=O)CCC2=O)=C(C)N1. The van der Waals surface area contributed by atoms with E-state index in [0.29, 0.717) is 17.3 Å². The Balaban J connectivity index is 1.36. The molecule has 0 radical (unpaired) electrons. The molecule has 1 saturated heterocycles. The molecule has 3 heterocycles. The van der Waals surface area contributed by atoms with Crippen LogP contribution >= 0.6 is 0 Å². The molecular weight excluding hydrogens is 582 g/mol. The van der Waals surface area contributed by atoms with Crippen molar-refractivity contribution in [2.45, 2.75) is 39.2 Å². The van der Waals surface area contributed by atoms with E-state index in [9.17, 15) is 29.3 Å². The minimum absolute atomic E-state index is 0.0179. The Morgan fingerprint density at radius 3 is 2.38 bits per heavy atom. The normalized spacial score (nSPS) is 16.8. The summed E-state index contributed by atoms with van der Waals surface area (Å²) in [5, 5.41) is 15.0. The van der Waals surface area contributed by atoms with E-state index in [0.717, 1.165) is 11.1 Å². The van der Waals surface area contributed by atoms with Gasteiger partial charge in [0.05, 0.1) is 28.3 Å². The van der Waals surface area contributed by atoms with Crippen molar-refractivity contribution in [3.63, 3.8) is 0 Å². The number of non-ortho nitro benzene ring substituents is 1. The number of benzene rings is 2. The Bertz CT molecular complexity index is 1740. The van der Waals surface area contributed by atoms with Gasteiger partial charge >= 0.3 is 11.9 Å². The van der Waals surface area contributed by atoms with Crippen LogP contribution in [0.5, 0.6) is 0 Å². The molecule has 0 spiro atoms. The number of hydroxylamine groups is 2. The molecule has 1 unspecified atom stereocenters. The van der Waals surface area contributed by atoms with Crippen LogP contribution in [0.25, 0.3) is 6.08 Å². The third-order valence-electron chi connectivity index (χ3n) is 7.32. The lowest BCUT2D eigenvalue weighted by Gasteiger charge is -2.30. The molecule has 1 N–H and O–H groups in total. The maximum atomic E-state index is 13.6. The van der Waals surface area contributed by atoms with Gasteiger partial charge in [-0.3, -0.25) is 19.7 Å². The molecule has 13 heteroatoms. The maximum absolute atomic E-state index is 13.6. The second-order valence-corrected chi connectivity index (χ2v) is 10.4. The van der Waals surface area contributed by atoms with Crippen LogP contribution in [-0.2, 0) is 35.3 Å². The van der Waals surface area contributed by atoms with E-state index in [-0.39, 0.29) is 47.5 Å². The van der Waals surface area contributed by atoms with Gasteiger partial charge in [-0.1, -0.05) is 42.5 Å². The number of imide groups is 1. The van der Waals surface area contributed by atoms with Gasteiger partial charge in [0, 0.05) is 55.3 Å². The summed E-state index contributed by atoms with van der Waals surface area (Å²) in [6, 6.07) is 13.3. The molecule has 0 saturated carbocycles. The van der Waals surface area contributed by atoms with Gasteiger partial charge in [-0.05, 0) is 36.6 Å². The maximum Gasteiger partial charge on any atom is 0.362 e. The van der Waals surface area contributed by atoms with Crippen molar-refractivity contribution >= 4 is 35.5 Å². The minimum Gasteiger partial charge on any atom is -0.458 e. The van der Waals surface area contributed by atoms with Crippen molar-refractivity contribution < 1.29 is 33.7 Å². The number of nitrogens with one attached hydrogen (secondary N) is 1. The number of nitro groups is 1. The Labute approximate surface area is 257 Å². The average Bonchev–Trinajstić information content (AvgIpc) is 3.64. The minimum atomic E-state index is -1.16. The summed E-state index contributed by atoms with van der Waals surface area (Å²) >= 11 is 0. The van der Waals surface area contributed by atoms with Gasteiger partial charge in [-0.25, -0.2) is 14.6 Å². The van der Waals surface area contributed by atoms with E-state index >= 15 is 0 Å². The van der Waals surface area contributed by atoms with Gasteiger partial charge in [0.2, 0.25) is 0 Å². The van der Waals surface area contributed by atoms with Gasteiger partial charge in [-0.15, -0.1) is 5.06 Å². The number of hydrogen-bond donors (Lipinski definition) is 1. The Morgan fingerprint density at radius 2 is 1.73 bits per heavy atom. The van der Waals surface area contributed by atoms with Gasteiger partial charge in [0.25, 0.3) is 17.5 Å². The second-order valence-electron chi connectivity index (χ2n) is 10.4. The lowest BCUT2D eigenvalue weighted by molar-refractivity contribution is -0.384. The highest BCUT2D eigenvalue weighted by Gasteiger charge is 2.41. The average molecular weight is 612 g/mol. The van der Waals surface area contributed by atoms with Crippen molar-refractivity contribution in [3.05, 3.63) is 123 Å². The van der Waals surface area contributed by atoms with Gasteiger partial charge in [0.15, 0.2) is 0 Å². The summed E-state index contributed by atoms with van der Waals surface area (Å²) < 4.78 is 7.52. The highest BCUT2D eigenvalue weighted by molar-refractivity contribution is 6.04. The van der Waals surface area contributed by atoms with Crippen LogP contribution in [0.4, 0.5) is 5.69 Å². The molecular formula is C32H29N5O8. The fourth-order valence-electron chi connectivity index (χ4n) is 5.19. The van der Waals surface area contributed by atoms with Crippen LogP contribution in [0.2, 0.25) is 0 Å². The number of dihydropyridines is 1. The van der Waals surface area contributed by atoms with Gasteiger partial charge in [-0.2, -0.15) is 0 Å². The predicted octanol–water partition coefficient (Wildman–Crippen LogP) is 3.94. The van der Waals surface area contributed by atoms with E-state index in [2.05, 4.69) is 10.3 Å². The van der Waals surface area contributed by atoms with Crippen LogP contribution in [0.1, 0.15) is 49.3 Å². The van der Waals surface area contributed by atoms with E-state index in [1.165, 1.54) is 24.3 Å². The molecule has 2 aliphatic heterocycles. The third kappa shape index (κ3) is 6.88. The Morgan fingerprint density at radius 1 is 1.04 bits per heavy atom. The van der Waals surface area contributed by atoms with Gasteiger partial charge < -0.3 is 19.5 Å². The molecule has 0 bridgehead atoms. The summed E-state index contributed by atoms with van der Waals surface area (Å²) in [6.45, 7) is 3.75. The first-order valence-electron chi connectivity index (χ1n) is 14.0. The molecule has 2 aliphatic rings. The van der Waals surface area contributed by atoms with Crippen LogP contribution in [-0.4, -0.2) is 49.9 Å². The third-order valence-corrected chi connectivity index (χ3v) is 7.32. The Hall–Kier alpha value is -5.85. The molecule has 1 fully saturated rings. The monoisotopic (exact) mass is 611 g/mol. The predicted molar refractivity (Wildman–Crippen MR) is 159 cm³/mol. The summed E-state index contributed by atoms with van der Waals surface area (Å²) in [7, 11) is 0. The number of nitro benzene ring substituents is 1. The topological polar surface area (TPSA) is 163 Å². The summed E-state index contributed by atoms with van der Waals surface area (Å²) in [6.07, 6.45) is 8.59. The lowest BCUT2D eigenvalue weighted by atomic mass is 9.80. The van der Waals surface area contributed by atoms with Crippen molar-refractivity contribution in [3.8, 4) is 0 Å². The zero-order valence-electron chi connectivity index (χ0n) is 24.5. The standard InChI is InChI=1S/C32H29N5O8/c1-20-28(31(40)44-16-4-5-22-8-10-23(11-9-22)18-35-15-14-33-19-35)30(24-6-3-7-25(17-24)37(42)43)29(21(2)34-20)32(41)45-36-26(38)12-13-27(36)39/h3-11,14-15,17,19,30,34H,12-13,16,18H2,1-2H3/b5-4+. The van der Waals surface area contributed by atoms with Crippen molar-refractivity contribution in [2.24, 2.45) is 0 Å². The summed E-state index contributed by atoms with van der Waals surface area (Å²) in [5.74, 6) is -4.34. The number of hydrogen-bond acceptors (Lipinski definition) is 10. The van der Waals surface area contributed by atoms with E-state index in [1.807, 2.05) is 35.0 Å². The van der Waals surface area contributed by atoms with Crippen LogP contribution in [0, 0.1) is 10.1 Å². The molecule has 0 aliphatic carbocycles. The number of allylic oxidation sites excluding steroid dienone is 2. The number of carbonyl (C=O) groups is 4. The number of carbonyl (C=O) groups excluding carboxylic acids is 4. The fraction of sp³-hybridized carbons (Fsp3) is 0.219. The molecule has 5 rings (SSSR count). The first-order chi connectivity index (χ1) is 21.6. The van der Waals surface area contributed by atoms with E-state index in [1.54, 1.807) is 38.5 Å². The number of aromatic nitrogens is 2. The number of imidazole rings is 1. The van der Waals surface area contributed by atoms with Gasteiger partial charge in [0.1, 0.15) is 6.61 Å². The highest BCUT2D eigenvalue weighted by Crippen LogP contribution is 2.40. The largest absolute Gasteiger partial charge is 0.458 e. The molecule has 230 valence electrons. The second kappa shape index (κ2) is 13.2. The number of nitrogens with zero attached hydrogens (tertiary/aromatic N) is 4. The fourth-order valence-corrected chi connectivity index (χ4v) is 5.19. The molecule has 3 aromatic rings. The van der Waals surface area contributed by atoms with E-state index < -0.39 is 34.6 Å². The van der Waals surface area contributed by atoms with Crippen molar-refractivity contribution in [1.29, 1.82) is 0 Å². The van der Waals surface area contributed by atoms with Crippen molar-refractivity contribution in [1.82, 2.24) is 19.9 Å². The van der Waals surface area contributed by atoms with Crippen LogP contribution in [0.3, 0.4) is 0 Å². The molecule has 2 aromatic carbocycles. The molecule has 1 aromatic heterocycles. The molecule has 13 nitrogen and oxygen atoms in total. The first kappa shape index (κ1) is 30.6. The van der Waals surface area contributed by atoms with Crippen LogP contribution < -0.4 is 5.32 Å². The molecule has 45 heavy (non-hydrogen) atoms. The quantitative estimate of drug-likeness (QED) is 0.154. The summed E-state index contributed by atoms with van der Waals surface area (Å²) in [5.41, 5.74) is 2.51. The van der Waals surface area contributed by atoms with E-state index in [4.69, 9.17) is 9.57 Å². The first-order valence-corrected chi connectivity index (χ1v) is 14.0. The highest BCUT2D eigenvalue weighted by atomic mass is 16.7. The van der Waals surface area contributed by atoms with Crippen LogP contribution in [0.15, 0.2) is 95.9 Å².